The lowest BCUT2D eigenvalue weighted by atomic mass is 10.1. The number of benzene rings is 1. The predicted octanol–water partition coefficient (Wildman–Crippen LogP) is 3.94. The Morgan fingerprint density at radius 3 is 2.33 bits per heavy atom. The first-order valence-electron chi connectivity index (χ1n) is 6.80. The SMILES string of the molecule is CCOc1ccc(NCCC(C)C)cc1OCC. The Morgan fingerprint density at radius 1 is 1.06 bits per heavy atom. The van der Waals surface area contributed by atoms with E-state index >= 15 is 0 Å². The van der Waals surface area contributed by atoms with Gasteiger partial charge >= 0.3 is 0 Å². The molecule has 0 atom stereocenters. The third kappa shape index (κ3) is 4.86. The van der Waals surface area contributed by atoms with Gasteiger partial charge in [-0.2, -0.15) is 0 Å². The zero-order valence-electron chi connectivity index (χ0n) is 12.0. The normalized spacial score (nSPS) is 10.5. The van der Waals surface area contributed by atoms with E-state index in [1.807, 2.05) is 32.0 Å². The third-order valence-corrected chi connectivity index (χ3v) is 2.59. The van der Waals surface area contributed by atoms with Gasteiger partial charge in [0, 0.05) is 18.3 Å². The highest BCUT2D eigenvalue weighted by atomic mass is 16.5. The second-order valence-corrected chi connectivity index (χ2v) is 4.64. The van der Waals surface area contributed by atoms with Crippen molar-refractivity contribution in [1.82, 2.24) is 0 Å². The molecule has 0 saturated heterocycles. The van der Waals surface area contributed by atoms with Gasteiger partial charge in [0.2, 0.25) is 0 Å². The minimum absolute atomic E-state index is 0.648. The first kappa shape index (κ1) is 14.7. The van der Waals surface area contributed by atoms with Crippen LogP contribution >= 0.6 is 0 Å². The van der Waals surface area contributed by atoms with E-state index in [1.54, 1.807) is 0 Å². The van der Waals surface area contributed by atoms with Crippen molar-refractivity contribution in [3.8, 4) is 11.5 Å². The van der Waals surface area contributed by atoms with E-state index in [2.05, 4.69) is 19.2 Å². The fourth-order valence-electron chi connectivity index (χ4n) is 1.67. The minimum atomic E-state index is 0.648. The largest absolute Gasteiger partial charge is 0.490 e. The van der Waals surface area contributed by atoms with Crippen LogP contribution in [0.25, 0.3) is 0 Å². The monoisotopic (exact) mass is 251 g/mol. The van der Waals surface area contributed by atoms with Crippen LogP contribution in [0, 0.1) is 5.92 Å². The zero-order valence-corrected chi connectivity index (χ0v) is 12.0. The Balaban J connectivity index is 2.66. The molecule has 0 unspecified atom stereocenters. The van der Waals surface area contributed by atoms with Gasteiger partial charge in [0.1, 0.15) is 0 Å². The van der Waals surface area contributed by atoms with Gasteiger partial charge in [-0.05, 0) is 38.3 Å². The van der Waals surface area contributed by atoms with Crippen molar-refractivity contribution in [3.63, 3.8) is 0 Å². The van der Waals surface area contributed by atoms with Crippen LogP contribution in [-0.2, 0) is 0 Å². The molecule has 3 heteroatoms. The molecule has 18 heavy (non-hydrogen) atoms. The van der Waals surface area contributed by atoms with Gasteiger partial charge in [-0.3, -0.25) is 0 Å². The molecule has 0 radical (unpaired) electrons. The molecule has 0 bridgehead atoms. The van der Waals surface area contributed by atoms with E-state index in [1.165, 1.54) is 0 Å². The maximum absolute atomic E-state index is 5.59. The van der Waals surface area contributed by atoms with Crippen LogP contribution in [0.5, 0.6) is 11.5 Å². The number of ether oxygens (including phenoxy) is 2. The van der Waals surface area contributed by atoms with Gasteiger partial charge in [-0.1, -0.05) is 13.8 Å². The van der Waals surface area contributed by atoms with Crippen LogP contribution in [0.2, 0.25) is 0 Å². The summed E-state index contributed by atoms with van der Waals surface area (Å²) in [6.45, 7) is 10.7. The molecule has 1 rings (SSSR count). The van der Waals surface area contributed by atoms with Crippen molar-refractivity contribution in [2.75, 3.05) is 25.1 Å². The van der Waals surface area contributed by atoms with Gasteiger partial charge in [0.25, 0.3) is 0 Å². The topological polar surface area (TPSA) is 30.5 Å². The molecule has 0 aliphatic carbocycles. The molecule has 3 nitrogen and oxygen atoms in total. The Kier molecular flexibility index (Phi) is 6.40. The van der Waals surface area contributed by atoms with Crippen LogP contribution in [0.4, 0.5) is 5.69 Å². The fraction of sp³-hybridized carbons (Fsp3) is 0.600. The maximum Gasteiger partial charge on any atom is 0.163 e. The molecule has 0 amide bonds. The highest BCUT2D eigenvalue weighted by molar-refractivity contribution is 5.54. The van der Waals surface area contributed by atoms with E-state index in [0.717, 1.165) is 30.2 Å². The summed E-state index contributed by atoms with van der Waals surface area (Å²) < 4.78 is 11.1. The quantitative estimate of drug-likeness (QED) is 0.759. The molecular weight excluding hydrogens is 226 g/mol. The maximum atomic E-state index is 5.59. The average molecular weight is 251 g/mol. The molecule has 1 aromatic carbocycles. The number of anilines is 1. The van der Waals surface area contributed by atoms with Crippen LogP contribution < -0.4 is 14.8 Å². The standard InChI is InChI=1S/C15H25NO2/c1-5-17-14-8-7-13(11-15(14)18-6-2)16-10-9-12(3)4/h7-8,11-12,16H,5-6,9-10H2,1-4H3. The molecule has 0 fully saturated rings. The minimum Gasteiger partial charge on any atom is -0.490 e. The van der Waals surface area contributed by atoms with Crippen molar-refractivity contribution < 1.29 is 9.47 Å². The second kappa shape index (κ2) is 7.85. The van der Waals surface area contributed by atoms with Crippen LogP contribution in [0.3, 0.4) is 0 Å². The fourth-order valence-corrected chi connectivity index (χ4v) is 1.67. The molecular formula is C15H25NO2. The van der Waals surface area contributed by atoms with Crippen LogP contribution in [0.15, 0.2) is 18.2 Å². The number of hydrogen-bond acceptors (Lipinski definition) is 3. The van der Waals surface area contributed by atoms with E-state index in [0.29, 0.717) is 19.1 Å². The van der Waals surface area contributed by atoms with Gasteiger partial charge < -0.3 is 14.8 Å². The third-order valence-electron chi connectivity index (χ3n) is 2.59. The van der Waals surface area contributed by atoms with Crippen molar-refractivity contribution in [1.29, 1.82) is 0 Å². The van der Waals surface area contributed by atoms with Crippen LogP contribution in [-0.4, -0.2) is 19.8 Å². The Morgan fingerprint density at radius 2 is 1.72 bits per heavy atom. The molecule has 0 aliphatic heterocycles. The molecule has 0 heterocycles. The first-order valence-corrected chi connectivity index (χ1v) is 6.80. The van der Waals surface area contributed by atoms with Crippen molar-refractivity contribution in [2.24, 2.45) is 5.92 Å². The van der Waals surface area contributed by atoms with E-state index < -0.39 is 0 Å². The van der Waals surface area contributed by atoms with Gasteiger partial charge in [-0.15, -0.1) is 0 Å². The van der Waals surface area contributed by atoms with Gasteiger partial charge in [0.05, 0.1) is 13.2 Å². The van der Waals surface area contributed by atoms with Crippen molar-refractivity contribution >= 4 is 5.69 Å². The lowest BCUT2D eigenvalue weighted by Crippen LogP contribution is -2.05. The molecule has 0 saturated carbocycles. The predicted molar refractivity (Wildman–Crippen MR) is 76.7 cm³/mol. The summed E-state index contributed by atoms with van der Waals surface area (Å²) >= 11 is 0. The Labute approximate surface area is 110 Å². The summed E-state index contributed by atoms with van der Waals surface area (Å²) in [6, 6.07) is 6.01. The molecule has 0 aliphatic rings. The lowest BCUT2D eigenvalue weighted by molar-refractivity contribution is 0.288. The summed E-state index contributed by atoms with van der Waals surface area (Å²) in [5, 5.41) is 3.41. The Bertz CT molecular complexity index is 350. The highest BCUT2D eigenvalue weighted by Gasteiger charge is 2.05. The molecule has 0 spiro atoms. The van der Waals surface area contributed by atoms with Gasteiger partial charge in [-0.25, -0.2) is 0 Å². The summed E-state index contributed by atoms with van der Waals surface area (Å²) in [4.78, 5) is 0. The average Bonchev–Trinajstić information content (AvgIpc) is 2.32. The highest BCUT2D eigenvalue weighted by Crippen LogP contribution is 2.30. The van der Waals surface area contributed by atoms with E-state index in [-0.39, 0.29) is 0 Å². The summed E-state index contributed by atoms with van der Waals surface area (Å²) in [7, 11) is 0. The molecule has 0 aromatic heterocycles. The zero-order chi connectivity index (χ0) is 13.4. The summed E-state index contributed by atoms with van der Waals surface area (Å²) in [5.74, 6) is 2.34. The van der Waals surface area contributed by atoms with Crippen molar-refractivity contribution in [2.45, 2.75) is 34.1 Å². The molecule has 102 valence electrons. The Hall–Kier alpha value is -1.38. The van der Waals surface area contributed by atoms with Crippen LogP contribution in [0.1, 0.15) is 34.1 Å². The van der Waals surface area contributed by atoms with E-state index in [9.17, 15) is 0 Å². The molecule has 1 aromatic rings. The second-order valence-electron chi connectivity index (χ2n) is 4.64. The van der Waals surface area contributed by atoms with E-state index in [4.69, 9.17) is 9.47 Å². The summed E-state index contributed by atoms with van der Waals surface area (Å²) in [5.41, 5.74) is 1.09. The smallest absolute Gasteiger partial charge is 0.163 e. The first-order chi connectivity index (χ1) is 8.67. The number of nitrogens with one attached hydrogen (secondary N) is 1. The molecule has 1 N–H and O–H groups in total. The lowest BCUT2D eigenvalue weighted by Gasteiger charge is -2.14. The van der Waals surface area contributed by atoms with Crippen molar-refractivity contribution in [3.05, 3.63) is 18.2 Å². The number of rotatable bonds is 8. The summed E-state index contributed by atoms with van der Waals surface area (Å²) in [6.07, 6.45) is 1.16. The van der Waals surface area contributed by atoms with Gasteiger partial charge in [0.15, 0.2) is 11.5 Å². The number of hydrogen-bond donors (Lipinski definition) is 1.